The molecule has 2 heterocycles. The molecule has 1 atom stereocenters. The van der Waals surface area contributed by atoms with E-state index in [0.717, 1.165) is 51.4 Å². The van der Waals surface area contributed by atoms with E-state index in [0.29, 0.717) is 12.1 Å². The molecule has 0 saturated heterocycles. The molecule has 43 heavy (non-hydrogen) atoms. The number of fused-ring (bicyclic) bond motifs is 2. The van der Waals surface area contributed by atoms with E-state index in [4.69, 9.17) is 9.47 Å². The van der Waals surface area contributed by atoms with Crippen LogP contribution in [0.25, 0.3) is 10.9 Å². The van der Waals surface area contributed by atoms with Gasteiger partial charge in [-0.15, -0.1) is 0 Å². The molecule has 0 spiro atoms. The number of rotatable bonds is 8. The van der Waals surface area contributed by atoms with E-state index >= 15 is 0 Å². The van der Waals surface area contributed by atoms with Gasteiger partial charge >= 0.3 is 5.97 Å². The number of carbonyl (C=O) groups excluding carboxylic acids is 2. The molecular weight excluding hydrogens is 538 g/mol. The fourth-order valence-corrected chi connectivity index (χ4v) is 5.84. The third-order valence-electron chi connectivity index (χ3n) is 8.09. The van der Waals surface area contributed by atoms with Crippen LogP contribution in [0.1, 0.15) is 27.2 Å². The maximum Gasteiger partial charge on any atom is 0.310 e. The quantitative estimate of drug-likeness (QED) is 0.204. The minimum atomic E-state index is -0.327. The number of carbonyl (C=O) groups is 2. The molecule has 0 radical (unpaired) electrons. The zero-order valence-corrected chi connectivity index (χ0v) is 24.7. The Morgan fingerprint density at radius 3 is 2.40 bits per heavy atom. The summed E-state index contributed by atoms with van der Waals surface area (Å²) in [6.07, 6.45) is 0.101. The minimum Gasteiger partial charge on any atom is -0.485 e. The first-order valence-electron chi connectivity index (χ1n) is 14.5. The number of likely N-dealkylation sites (N-methyl/N-ethyl adjacent to an activating group) is 2. The van der Waals surface area contributed by atoms with Crippen LogP contribution in [-0.4, -0.2) is 49.7 Å². The number of esters is 1. The van der Waals surface area contributed by atoms with Gasteiger partial charge in [0, 0.05) is 36.4 Å². The summed E-state index contributed by atoms with van der Waals surface area (Å²) in [5.74, 6) is 0.431. The normalized spacial score (nSPS) is 14.2. The highest BCUT2D eigenvalue weighted by Crippen LogP contribution is 2.32. The topological polar surface area (TPSA) is 64.0 Å². The molecule has 6 rings (SSSR count). The summed E-state index contributed by atoms with van der Waals surface area (Å²) in [6.45, 7) is 3.60. The van der Waals surface area contributed by atoms with Crippen LogP contribution in [0.3, 0.4) is 0 Å². The molecule has 1 aliphatic heterocycles. The SMILES string of the molecule is Cc1c(CC(=O)OCc2ccccc2)c2ccccc2n1C(=O)c1ccc(N(C)C[C@@H]2CN(C)c3ccccc3O2)cc1. The first-order valence-corrected chi connectivity index (χ1v) is 14.5. The Labute approximate surface area is 251 Å². The summed E-state index contributed by atoms with van der Waals surface area (Å²) in [5, 5.41) is 0.875. The largest absolute Gasteiger partial charge is 0.485 e. The van der Waals surface area contributed by atoms with Crippen LogP contribution >= 0.6 is 0 Å². The predicted octanol–water partition coefficient (Wildman–Crippen LogP) is 6.26. The average molecular weight is 574 g/mol. The molecule has 0 saturated carbocycles. The Balaban J connectivity index is 1.17. The van der Waals surface area contributed by atoms with Crippen molar-refractivity contribution in [3.8, 4) is 5.75 Å². The monoisotopic (exact) mass is 573 g/mol. The molecule has 0 bridgehead atoms. The van der Waals surface area contributed by atoms with Crippen LogP contribution < -0.4 is 14.5 Å². The van der Waals surface area contributed by atoms with E-state index in [9.17, 15) is 9.59 Å². The minimum absolute atomic E-state index is 0.0119. The van der Waals surface area contributed by atoms with E-state index in [1.165, 1.54) is 0 Å². The summed E-state index contributed by atoms with van der Waals surface area (Å²) < 4.78 is 13.5. The second kappa shape index (κ2) is 12.1. The number of hydrogen-bond acceptors (Lipinski definition) is 6. The second-order valence-corrected chi connectivity index (χ2v) is 11.1. The third kappa shape index (κ3) is 5.84. The molecule has 0 unspecified atom stereocenters. The van der Waals surface area contributed by atoms with Crippen molar-refractivity contribution in [2.45, 2.75) is 26.1 Å². The number of anilines is 2. The number of para-hydroxylation sites is 3. The Kier molecular flexibility index (Phi) is 7.88. The van der Waals surface area contributed by atoms with Gasteiger partial charge in [-0.05, 0) is 60.5 Å². The van der Waals surface area contributed by atoms with E-state index in [-0.39, 0.29) is 31.0 Å². The Morgan fingerprint density at radius 1 is 0.907 bits per heavy atom. The Bertz CT molecular complexity index is 1760. The van der Waals surface area contributed by atoms with Crippen LogP contribution in [0, 0.1) is 6.92 Å². The molecule has 1 aromatic heterocycles. The van der Waals surface area contributed by atoms with Gasteiger partial charge in [0.1, 0.15) is 18.5 Å². The molecule has 7 heteroatoms. The summed E-state index contributed by atoms with van der Waals surface area (Å²) >= 11 is 0. The van der Waals surface area contributed by atoms with Crippen LogP contribution in [0.4, 0.5) is 11.4 Å². The highest BCUT2D eigenvalue weighted by molar-refractivity contribution is 6.04. The lowest BCUT2D eigenvalue weighted by Crippen LogP contribution is -2.44. The van der Waals surface area contributed by atoms with Gasteiger partial charge in [-0.1, -0.05) is 60.7 Å². The number of ether oxygens (including phenoxy) is 2. The average Bonchev–Trinajstić information content (AvgIpc) is 3.30. The van der Waals surface area contributed by atoms with Crippen LogP contribution in [0.2, 0.25) is 0 Å². The van der Waals surface area contributed by atoms with Crippen molar-refractivity contribution in [3.63, 3.8) is 0 Å². The van der Waals surface area contributed by atoms with Crippen molar-refractivity contribution in [2.24, 2.45) is 0 Å². The summed E-state index contributed by atoms with van der Waals surface area (Å²) in [7, 11) is 4.12. The maximum absolute atomic E-state index is 13.8. The standard InChI is InChI=1S/C36H35N3O4/c1-25-31(21-35(40)42-24-26-11-5-4-6-12-26)30-13-7-8-14-32(30)39(25)36(41)27-17-19-28(20-18-27)37(2)22-29-23-38(3)33-15-9-10-16-34(33)43-29/h4-20,29H,21-24H2,1-3H3/t29-/m1/s1. The van der Waals surface area contributed by atoms with Crippen molar-refractivity contribution in [1.29, 1.82) is 0 Å². The zero-order chi connectivity index (χ0) is 29.9. The highest BCUT2D eigenvalue weighted by Gasteiger charge is 2.25. The molecule has 0 aliphatic carbocycles. The van der Waals surface area contributed by atoms with Gasteiger partial charge in [-0.25, -0.2) is 0 Å². The molecule has 0 fully saturated rings. The van der Waals surface area contributed by atoms with Gasteiger partial charge in [0.05, 0.1) is 30.7 Å². The maximum atomic E-state index is 13.8. The van der Waals surface area contributed by atoms with Crippen molar-refractivity contribution in [1.82, 2.24) is 4.57 Å². The highest BCUT2D eigenvalue weighted by atomic mass is 16.5. The first kappa shape index (κ1) is 28.1. The van der Waals surface area contributed by atoms with Crippen LogP contribution in [0.15, 0.2) is 103 Å². The van der Waals surface area contributed by atoms with E-state index in [1.54, 1.807) is 4.57 Å². The molecule has 218 valence electrons. The van der Waals surface area contributed by atoms with Gasteiger partial charge in [0.15, 0.2) is 0 Å². The summed E-state index contributed by atoms with van der Waals surface area (Å²) in [6, 6.07) is 33.1. The lowest BCUT2D eigenvalue weighted by molar-refractivity contribution is -0.144. The van der Waals surface area contributed by atoms with Crippen molar-refractivity contribution < 1.29 is 19.1 Å². The Hall–Kier alpha value is -5.04. The summed E-state index contributed by atoms with van der Waals surface area (Å²) in [4.78, 5) is 31.0. The molecule has 0 N–H and O–H groups in total. The number of benzene rings is 4. The second-order valence-electron chi connectivity index (χ2n) is 11.1. The molecule has 0 amide bonds. The number of nitrogens with zero attached hydrogens (tertiary/aromatic N) is 3. The smallest absolute Gasteiger partial charge is 0.310 e. The van der Waals surface area contributed by atoms with Gasteiger partial charge in [-0.2, -0.15) is 0 Å². The Morgan fingerprint density at radius 2 is 1.60 bits per heavy atom. The molecule has 4 aromatic carbocycles. The van der Waals surface area contributed by atoms with Gasteiger partial charge in [0.25, 0.3) is 5.91 Å². The van der Waals surface area contributed by atoms with Crippen molar-refractivity contribution >= 4 is 34.2 Å². The van der Waals surface area contributed by atoms with Crippen LogP contribution in [0.5, 0.6) is 5.75 Å². The number of aromatic nitrogens is 1. The molecule has 1 aliphatic rings. The van der Waals surface area contributed by atoms with Crippen LogP contribution in [-0.2, 0) is 22.6 Å². The van der Waals surface area contributed by atoms with E-state index in [1.807, 2.05) is 111 Å². The van der Waals surface area contributed by atoms with E-state index in [2.05, 4.69) is 22.9 Å². The molecule has 7 nitrogen and oxygen atoms in total. The number of hydrogen-bond donors (Lipinski definition) is 0. The van der Waals surface area contributed by atoms with Crippen molar-refractivity contribution in [3.05, 3.63) is 126 Å². The van der Waals surface area contributed by atoms with Gasteiger partial charge in [0.2, 0.25) is 0 Å². The lowest BCUT2D eigenvalue weighted by atomic mass is 10.1. The van der Waals surface area contributed by atoms with Gasteiger partial charge in [-0.3, -0.25) is 14.2 Å². The van der Waals surface area contributed by atoms with E-state index < -0.39 is 0 Å². The first-order chi connectivity index (χ1) is 20.9. The molecule has 5 aromatic rings. The lowest BCUT2D eigenvalue weighted by Gasteiger charge is -2.36. The van der Waals surface area contributed by atoms with Gasteiger partial charge < -0.3 is 19.3 Å². The third-order valence-corrected chi connectivity index (χ3v) is 8.09. The fourth-order valence-electron chi connectivity index (χ4n) is 5.84. The predicted molar refractivity (Wildman–Crippen MR) is 170 cm³/mol. The van der Waals surface area contributed by atoms with Crippen molar-refractivity contribution in [2.75, 3.05) is 37.0 Å². The zero-order valence-electron chi connectivity index (χ0n) is 24.7. The molecular formula is C36H35N3O4. The fraction of sp³-hybridized carbons (Fsp3) is 0.222. The summed E-state index contributed by atoms with van der Waals surface area (Å²) in [5.41, 5.74) is 5.92.